The van der Waals surface area contributed by atoms with Crippen molar-refractivity contribution < 1.29 is 13.2 Å². The van der Waals surface area contributed by atoms with Crippen LogP contribution in [0.5, 0.6) is 0 Å². The van der Waals surface area contributed by atoms with Crippen molar-refractivity contribution in [3.05, 3.63) is 35.9 Å². The third-order valence-corrected chi connectivity index (χ3v) is 7.23. The van der Waals surface area contributed by atoms with Gasteiger partial charge in [-0.05, 0) is 44.7 Å². The maximum Gasteiger partial charge on any atom is 0.223 e. The lowest BCUT2D eigenvalue weighted by atomic mass is 9.92. The highest BCUT2D eigenvalue weighted by atomic mass is 32.2. The molecule has 0 saturated carbocycles. The van der Waals surface area contributed by atoms with Gasteiger partial charge in [0.1, 0.15) is 0 Å². The van der Waals surface area contributed by atoms with Gasteiger partial charge in [-0.1, -0.05) is 30.3 Å². The highest BCUT2D eigenvalue weighted by molar-refractivity contribution is 7.88. The number of benzene rings is 1. The normalized spacial score (nSPS) is 25.7. The van der Waals surface area contributed by atoms with E-state index in [1.807, 2.05) is 30.3 Å². The van der Waals surface area contributed by atoms with Crippen LogP contribution in [0.1, 0.15) is 38.2 Å². The lowest BCUT2D eigenvalue weighted by Crippen LogP contribution is -2.49. The number of carbonyl (C=O) groups excluding carboxylic acids is 1. The van der Waals surface area contributed by atoms with E-state index in [0.29, 0.717) is 32.0 Å². The summed E-state index contributed by atoms with van der Waals surface area (Å²) in [5, 5.41) is 6.50. The smallest absolute Gasteiger partial charge is 0.223 e. The Labute approximate surface area is 156 Å². The molecule has 0 spiro atoms. The van der Waals surface area contributed by atoms with E-state index in [0.717, 1.165) is 24.9 Å². The van der Waals surface area contributed by atoms with Gasteiger partial charge in [-0.3, -0.25) is 4.79 Å². The van der Waals surface area contributed by atoms with Crippen molar-refractivity contribution in [2.45, 2.75) is 50.4 Å². The molecule has 0 unspecified atom stereocenters. The van der Waals surface area contributed by atoms with E-state index in [9.17, 15) is 13.2 Å². The van der Waals surface area contributed by atoms with E-state index in [4.69, 9.17) is 0 Å². The van der Waals surface area contributed by atoms with E-state index in [2.05, 4.69) is 17.6 Å². The molecule has 2 atom stereocenters. The fourth-order valence-corrected chi connectivity index (χ4v) is 5.41. The Morgan fingerprint density at radius 1 is 1.19 bits per heavy atom. The van der Waals surface area contributed by atoms with Gasteiger partial charge in [0, 0.05) is 31.1 Å². The summed E-state index contributed by atoms with van der Waals surface area (Å²) in [7, 11) is -3.30. The summed E-state index contributed by atoms with van der Waals surface area (Å²) in [6.45, 7) is 3.94. The molecule has 144 valence electrons. The summed E-state index contributed by atoms with van der Waals surface area (Å²) in [5.41, 5.74) is 0.808. The minimum Gasteiger partial charge on any atom is -0.353 e. The van der Waals surface area contributed by atoms with Gasteiger partial charge < -0.3 is 10.6 Å². The SMILES string of the molecule is C[C@H]1C[C@@H](C(=O)NC2CCN(S(=O)(=O)Cc3ccccc3)CC2)CCN1. The summed E-state index contributed by atoms with van der Waals surface area (Å²) in [5.74, 6) is 0.243. The Hall–Kier alpha value is -1.44. The van der Waals surface area contributed by atoms with Gasteiger partial charge in [0.05, 0.1) is 5.75 Å². The zero-order chi connectivity index (χ0) is 18.6. The summed E-state index contributed by atoms with van der Waals surface area (Å²) >= 11 is 0. The summed E-state index contributed by atoms with van der Waals surface area (Å²) < 4.78 is 26.8. The molecule has 2 aliphatic heterocycles. The van der Waals surface area contributed by atoms with Crippen LogP contribution in [0.25, 0.3) is 0 Å². The number of nitrogens with one attached hydrogen (secondary N) is 2. The molecule has 1 aromatic rings. The standard InChI is InChI=1S/C19H29N3O3S/c1-15-13-17(7-10-20-15)19(23)21-18-8-11-22(12-9-18)26(24,25)14-16-5-3-2-4-6-16/h2-6,15,17-18,20H,7-14H2,1H3,(H,21,23)/t15-,17-/m0/s1. The van der Waals surface area contributed by atoms with Crippen molar-refractivity contribution >= 4 is 15.9 Å². The number of sulfonamides is 1. The van der Waals surface area contributed by atoms with Crippen LogP contribution in [0.4, 0.5) is 0 Å². The van der Waals surface area contributed by atoms with Crippen LogP contribution in [-0.4, -0.2) is 50.3 Å². The van der Waals surface area contributed by atoms with Gasteiger partial charge >= 0.3 is 0 Å². The predicted octanol–water partition coefficient (Wildman–Crippen LogP) is 1.49. The number of amides is 1. The second kappa shape index (κ2) is 8.50. The number of hydrogen-bond acceptors (Lipinski definition) is 4. The number of piperidine rings is 2. The molecule has 6 nitrogen and oxygen atoms in total. The molecule has 2 fully saturated rings. The third-order valence-electron chi connectivity index (χ3n) is 5.38. The Morgan fingerprint density at radius 2 is 1.88 bits per heavy atom. The molecule has 0 bridgehead atoms. The number of nitrogens with zero attached hydrogens (tertiary/aromatic N) is 1. The van der Waals surface area contributed by atoms with Gasteiger partial charge in [-0.15, -0.1) is 0 Å². The van der Waals surface area contributed by atoms with Gasteiger partial charge in [0.15, 0.2) is 0 Å². The average Bonchev–Trinajstić information content (AvgIpc) is 2.62. The van der Waals surface area contributed by atoms with Crippen molar-refractivity contribution in [3.63, 3.8) is 0 Å². The van der Waals surface area contributed by atoms with Crippen LogP contribution < -0.4 is 10.6 Å². The van der Waals surface area contributed by atoms with Gasteiger partial charge in [-0.25, -0.2) is 12.7 Å². The number of rotatable bonds is 5. The molecular formula is C19H29N3O3S. The van der Waals surface area contributed by atoms with E-state index >= 15 is 0 Å². The molecule has 3 rings (SSSR count). The van der Waals surface area contributed by atoms with Gasteiger partial charge in [-0.2, -0.15) is 0 Å². The van der Waals surface area contributed by atoms with E-state index in [1.165, 1.54) is 0 Å². The maximum atomic E-state index is 12.6. The first-order valence-electron chi connectivity index (χ1n) is 9.49. The van der Waals surface area contributed by atoms with Crippen molar-refractivity contribution in [1.29, 1.82) is 0 Å². The molecule has 2 saturated heterocycles. The first kappa shape index (κ1) is 19.3. The fraction of sp³-hybridized carbons (Fsp3) is 0.632. The zero-order valence-corrected chi connectivity index (χ0v) is 16.2. The topological polar surface area (TPSA) is 78.5 Å². The average molecular weight is 380 g/mol. The summed E-state index contributed by atoms with van der Waals surface area (Å²) in [6, 6.07) is 9.73. The highest BCUT2D eigenvalue weighted by Crippen LogP contribution is 2.20. The second-order valence-corrected chi connectivity index (χ2v) is 9.47. The largest absolute Gasteiger partial charge is 0.353 e. The second-order valence-electron chi connectivity index (χ2n) is 7.50. The Bertz CT molecular complexity index is 700. The fourth-order valence-electron chi connectivity index (χ4n) is 3.84. The van der Waals surface area contributed by atoms with Crippen molar-refractivity contribution in [3.8, 4) is 0 Å². The van der Waals surface area contributed by atoms with E-state index < -0.39 is 10.0 Å². The Balaban J connectivity index is 1.48. The van der Waals surface area contributed by atoms with Crippen LogP contribution in [0.15, 0.2) is 30.3 Å². The molecule has 2 N–H and O–H groups in total. The van der Waals surface area contributed by atoms with Gasteiger partial charge in [0.25, 0.3) is 0 Å². The predicted molar refractivity (Wildman–Crippen MR) is 102 cm³/mol. The molecule has 0 aromatic heterocycles. The quantitative estimate of drug-likeness (QED) is 0.812. The molecule has 7 heteroatoms. The third kappa shape index (κ3) is 5.05. The van der Waals surface area contributed by atoms with Crippen molar-refractivity contribution in [2.24, 2.45) is 5.92 Å². The Kier molecular flexibility index (Phi) is 6.32. The van der Waals surface area contributed by atoms with E-state index in [1.54, 1.807) is 4.31 Å². The lowest BCUT2D eigenvalue weighted by molar-refractivity contribution is -0.127. The minimum atomic E-state index is -3.30. The van der Waals surface area contributed by atoms with Crippen LogP contribution in [0, 0.1) is 5.92 Å². The molecule has 0 aliphatic carbocycles. The van der Waals surface area contributed by atoms with Crippen LogP contribution in [0.2, 0.25) is 0 Å². The monoisotopic (exact) mass is 379 g/mol. The van der Waals surface area contributed by atoms with E-state index in [-0.39, 0.29) is 23.6 Å². The molecule has 2 heterocycles. The zero-order valence-electron chi connectivity index (χ0n) is 15.4. The first-order chi connectivity index (χ1) is 12.4. The van der Waals surface area contributed by atoms with Crippen LogP contribution in [-0.2, 0) is 20.6 Å². The highest BCUT2D eigenvalue weighted by Gasteiger charge is 2.31. The van der Waals surface area contributed by atoms with Crippen molar-refractivity contribution in [2.75, 3.05) is 19.6 Å². The van der Waals surface area contributed by atoms with Crippen LogP contribution in [0.3, 0.4) is 0 Å². The number of carbonyl (C=O) groups is 1. The Morgan fingerprint density at radius 3 is 2.54 bits per heavy atom. The maximum absolute atomic E-state index is 12.6. The van der Waals surface area contributed by atoms with Gasteiger partial charge in [0.2, 0.25) is 15.9 Å². The molecule has 2 aliphatic rings. The lowest BCUT2D eigenvalue weighted by Gasteiger charge is -2.33. The number of hydrogen-bond donors (Lipinski definition) is 2. The molecule has 26 heavy (non-hydrogen) atoms. The molecule has 1 amide bonds. The minimum absolute atomic E-state index is 0.0395. The molecule has 1 aromatic carbocycles. The first-order valence-corrected chi connectivity index (χ1v) is 11.1. The molecular weight excluding hydrogens is 350 g/mol. The summed E-state index contributed by atoms with van der Waals surface area (Å²) in [6.07, 6.45) is 3.11. The molecule has 0 radical (unpaired) electrons. The van der Waals surface area contributed by atoms with Crippen molar-refractivity contribution in [1.82, 2.24) is 14.9 Å². The summed E-state index contributed by atoms with van der Waals surface area (Å²) in [4.78, 5) is 12.5. The van der Waals surface area contributed by atoms with Crippen LogP contribution >= 0.6 is 0 Å².